The Morgan fingerprint density at radius 3 is 2.63 bits per heavy atom. The van der Waals surface area contributed by atoms with Crippen molar-refractivity contribution in [1.29, 1.82) is 0 Å². The number of hydrogen-bond acceptors (Lipinski definition) is 6. The molecule has 1 saturated heterocycles. The molecule has 1 N–H and O–H groups in total. The first-order valence-corrected chi connectivity index (χ1v) is 12.6. The van der Waals surface area contributed by atoms with Crippen LogP contribution < -0.4 is 10.2 Å². The Morgan fingerprint density at radius 2 is 1.94 bits per heavy atom. The van der Waals surface area contributed by atoms with E-state index in [1.807, 2.05) is 47.4 Å². The summed E-state index contributed by atoms with van der Waals surface area (Å²) in [6.45, 7) is 5.56. The van der Waals surface area contributed by atoms with Crippen LogP contribution in [0.15, 0.2) is 29.6 Å². The van der Waals surface area contributed by atoms with Crippen molar-refractivity contribution in [1.82, 2.24) is 24.8 Å². The molecule has 4 aliphatic rings. The predicted octanol–water partition coefficient (Wildman–Crippen LogP) is 3.13. The number of halogens is 3. The van der Waals surface area contributed by atoms with Gasteiger partial charge in [0.15, 0.2) is 5.29 Å². The van der Waals surface area contributed by atoms with Crippen molar-refractivity contribution in [3.63, 3.8) is 0 Å². The number of hydrogen-bond donors (Lipinski definition) is 1. The highest BCUT2D eigenvalue weighted by Crippen LogP contribution is 2.59. The number of aromatic nitrogens is 3. The molecule has 4 heterocycles. The number of pyridine rings is 1. The van der Waals surface area contributed by atoms with Gasteiger partial charge in [0.1, 0.15) is 11.9 Å². The number of aryl methyl sites for hydroxylation is 1. The standard InChI is InChI=1S/C22H24ClF2N7O.C2H6/c1-30-11-27-19-15(3-4-17(19)30)28-20(33)16-10-32(21(23)29-16)7-12-2-5-18(26-6-12)31-8-13-14(9-31)22(13,24)25;1-2/h2,5-6,11,13-16H,3-4,7-10H2,1H3,(H,28,33);1-2H3/t13?,14?,15-,16?;/m1./s1. The number of amidine groups is 1. The van der Waals surface area contributed by atoms with Gasteiger partial charge in [0, 0.05) is 38.6 Å². The smallest absolute Gasteiger partial charge is 0.258 e. The zero-order chi connectivity index (χ0) is 24.9. The molecule has 0 bridgehead atoms. The van der Waals surface area contributed by atoms with Crippen LogP contribution in [-0.4, -0.2) is 62.2 Å². The monoisotopic (exact) mass is 505 g/mol. The fourth-order valence-electron chi connectivity index (χ4n) is 5.31. The number of piperidine rings is 1. The lowest BCUT2D eigenvalue weighted by Crippen LogP contribution is -2.39. The minimum Gasteiger partial charge on any atom is -0.356 e. The Balaban J connectivity index is 0.00000124. The molecule has 0 radical (unpaired) electrons. The van der Waals surface area contributed by atoms with Crippen LogP contribution in [0.5, 0.6) is 0 Å². The summed E-state index contributed by atoms with van der Waals surface area (Å²) in [6.07, 6.45) is 5.23. The van der Waals surface area contributed by atoms with Crippen LogP contribution >= 0.6 is 11.6 Å². The van der Waals surface area contributed by atoms with E-state index in [4.69, 9.17) is 11.6 Å². The fraction of sp³-hybridized carbons (Fsp3) is 0.583. The van der Waals surface area contributed by atoms with Crippen molar-refractivity contribution >= 4 is 28.6 Å². The number of carbonyl (C=O) groups is 1. The molecule has 1 amide bonds. The molecular weight excluding hydrogens is 476 g/mol. The number of rotatable bonds is 5. The van der Waals surface area contributed by atoms with Crippen molar-refractivity contribution in [3.8, 4) is 0 Å². The fourth-order valence-corrected chi connectivity index (χ4v) is 5.56. The molecule has 1 saturated carbocycles. The van der Waals surface area contributed by atoms with Crippen molar-refractivity contribution in [2.45, 2.75) is 51.2 Å². The average Bonchev–Trinajstić information content (AvgIpc) is 3.46. The van der Waals surface area contributed by atoms with Crippen LogP contribution in [0.25, 0.3) is 0 Å². The SMILES string of the molecule is CC.Cn1cnc2c1CC[C@H]2NC(=O)C1CN(Cc2ccc(N3CC4C(C3)C4(F)F)nc2)C(Cl)=N1. The Bertz CT molecular complexity index is 1120. The Labute approximate surface area is 208 Å². The lowest BCUT2D eigenvalue weighted by Gasteiger charge is -2.22. The topological polar surface area (TPSA) is 78.7 Å². The lowest BCUT2D eigenvalue weighted by atomic mass is 10.2. The molecule has 2 aromatic rings. The van der Waals surface area contributed by atoms with E-state index in [2.05, 4.69) is 20.3 Å². The van der Waals surface area contributed by atoms with E-state index in [1.54, 1.807) is 12.5 Å². The van der Waals surface area contributed by atoms with Gasteiger partial charge < -0.3 is 19.7 Å². The second-order valence-corrected chi connectivity index (χ2v) is 9.74. The Kier molecular flexibility index (Phi) is 6.19. The van der Waals surface area contributed by atoms with Gasteiger partial charge in [0.25, 0.3) is 5.92 Å². The second kappa shape index (κ2) is 9.04. The van der Waals surface area contributed by atoms with Crippen molar-refractivity contribution in [2.24, 2.45) is 23.9 Å². The van der Waals surface area contributed by atoms with Gasteiger partial charge in [-0.1, -0.05) is 19.9 Å². The van der Waals surface area contributed by atoms with Gasteiger partial charge in [-0.15, -0.1) is 0 Å². The van der Waals surface area contributed by atoms with Gasteiger partial charge in [0.2, 0.25) is 5.91 Å². The van der Waals surface area contributed by atoms with E-state index in [-0.39, 0.29) is 11.9 Å². The molecule has 3 unspecified atom stereocenters. The number of imidazole rings is 1. The van der Waals surface area contributed by atoms with Crippen molar-refractivity contribution in [2.75, 3.05) is 24.5 Å². The number of alkyl halides is 2. The van der Waals surface area contributed by atoms with E-state index in [0.717, 1.165) is 29.8 Å². The summed E-state index contributed by atoms with van der Waals surface area (Å²) in [6, 6.07) is 3.11. The molecule has 8 nitrogen and oxygen atoms in total. The molecule has 4 atom stereocenters. The van der Waals surface area contributed by atoms with Crippen LogP contribution in [0.2, 0.25) is 0 Å². The minimum absolute atomic E-state index is 0.0926. The average molecular weight is 506 g/mol. The first kappa shape index (κ1) is 24.0. The van der Waals surface area contributed by atoms with Crippen molar-refractivity contribution < 1.29 is 13.6 Å². The number of carbonyl (C=O) groups excluding carboxylic acids is 1. The number of nitrogens with one attached hydrogen (secondary N) is 1. The van der Waals surface area contributed by atoms with Crippen LogP contribution in [-0.2, 0) is 24.8 Å². The molecule has 0 aromatic carbocycles. The Morgan fingerprint density at radius 1 is 1.20 bits per heavy atom. The lowest BCUT2D eigenvalue weighted by molar-refractivity contribution is -0.123. The summed E-state index contributed by atoms with van der Waals surface area (Å²) in [5.74, 6) is -3.00. The third kappa shape index (κ3) is 4.26. The summed E-state index contributed by atoms with van der Waals surface area (Å²) in [5.41, 5.74) is 3.00. The van der Waals surface area contributed by atoms with Gasteiger partial charge in [-0.05, 0) is 36.1 Å². The maximum atomic E-state index is 13.4. The van der Waals surface area contributed by atoms with E-state index >= 15 is 0 Å². The summed E-state index contributed by atoms with van der Waals surface area (Å²) in [4.78, 5) is 29.8. The minimum atomic E-state index is -2.50. The molecule has 2 aliphatic heterocycles. The van der Waals surface area contributed by atoms with Crippen LogP contribution in [0.4, 0.5) is 14.6 Å². The maximum absolute atomic E-state index is 13.4. The number of amides is 1. The number of aliphatic imine (C=N–C) groups is 1. The molecule has 0 spiro atoms. The van der Waals surface area contributed by atoms with Gasteiger partial charge in [-0.25, -0.2) is 23.7 Å². The quantitative estimate of drug-likeness (QED) is 0.632. The first-order chi connectivity index (χ1) is 16.8. The maximum Gasteiger partial charge on any atom is 0.258 e. The summed E-state index contributed by atoms with van der Waals surface area (Å²) in [7, 11) is 1.96. The molecule has 2 aliphatic carbocycles. The number of fused-ring (bicyclic) bond motifs is 2. The molecule has 2 fully saturated rings. The third-order valence-electron chi connectivity index (χ3n) is 7.33. The molecule has 6 rings (SSSR count). The van der Waals surface area contributed by atoms with Crippen LogP contribution in [0.3, 0.4) is 0 Å². The highest BCUT2D eigenvalue weighted by Gasteiger charge is 2.71. The van der Waals surface area contributed by atoms with Gasteiger partial charge in [0.05, 0.1) is 36.4 Å². The zero-order valence-corrected chi connectivity index (χ0v) is 20.8. The number of nitrogens with zero attached hydrogens (tertiary/aromatic N) is 6. The normalized spacial score (nSPS) is 27.7. The summed E-state index contributed by atoms with van der Waals surface area (Å²) >= 11 is 6.33. The van der Waals surface area contributed by atoms with Crippen LogP contribution in [0, 0.1) is 11.8 Å². The second-order valence-electron chi connectivity index (χ2n) is 9.40. The Hall–Kier alpha value is -2.75. The number of anilines is 1. The van der Waals surface area contributed by atoms with Crippen molar-refractivity contribution in [3.05, 3.63) is 41.6 Å². The van der Waals surface area contributed by atoms with E-state index in [0.29, 0.717) is 37.3 Å². The van der Waals surface area contributed by atoms with Crippen LogP contribution in [0.1, 0.15) is 43.3 Å². The highest BCUT2D eigenvalue weighted by atomic mass is 35.5. The summed E-state index contributed by atoms with van der Waals surface area (Å²) in [5, 5.41) is 3.37. The van der Waals surface area contributed by atoms with E-state index in [9.17, 15) is 13.6 Å². The van der Waals surface area contributed by atoms with Gasteiger partial charge in [-0.3, -0.25) is 4.79 Å². The zero-order valence-electron chi connectivity index (χ0n) is 20.1. The van der Waals surface area contributed by atoms with E-state index < -0.39 is 23.8 Å². The third-order valence-corrected chi connectivity index (χ3v) is 7.67. The highest BCUT2D eigenvalue weighted by molar-refractivity contribution is 6.64. The molecule has 2 aromatic heterocycles. The molecule has 35 heavy (non-hydrogen) atoms. The van der Waals surface area contributed by atoms with Gasteiger partial charge in [-0.2, -0.15) is 0 Å². The predicted molar refractivity (Wildman–Crippen MR) is 130 cm³/mol. The first-order valence-electron chi connectivity index (χ1n) is 12.2. The largest absolute Gasteiger partial charge is 0.356 e. The summed E-state index contributed by atoms with van der Waals surface area (Å²) < 4.78 is 28.8. The molecular formula is C24H30ClF2N7O. The van der Waals surface area contributed by atoms with Gasteiger partial charge >= 0.3 is 0 Å². The van der Waals surface area contributed by atoms with E-state index in [1.165, 1.54) is 0 Å². The molecule has 11 heteroatoms. The molecule has 188 valence electrons.